The summed E-state index contributed by atoms with van der Waals surface area (Å²) in [4.78, 5) is 11.1. The fourth-order valence-electron chi connectivity index (χ4n) is 1.18. The minimum atomic E-state index is -1.59. The largest absolute Gasteiger partial charge is 0.497 e. The summed E-state index contributed by atoms with van der Waals surface area (Å²) in [5, 5.41) is 11.5. The first-order chi connectivity index (χ1) is 7.58. The summed E-state index contributed by atoms with van der Waals surface area (Å²) in [6.07, 6.45) is -1.59. The van der Waals surface area contributed by atoms with Crippen LogP contribution >= 0.6 is 0 Å². The Hall–Kier alpha value is -1.62. The lowest BCUT2D eigenvalue weighted by Gasteiger charge is -2.11. The second-order valence-corrected chi connectivity index (χ2v) is 3.29. The first-order valence-electron chi connectivity index (χ1n) is 4.81. The number of hydrogen-bond donors (Lipinski definition) is 2. The number of ether oxygens (including phenoxy) is 1. The van der Waals surface area contributed by atoms with Gasteiger partial charge in [0.25, 0.3) is 5.91 Å². The molecular weight excluding hydrogens is 213 g/mol. The first-order valence-corrected chi connectivity index (χ1v) is 4.81. The third kappa shape index (κ3) is 2.93. The molecule has 0 aliphatic rings. The van der Waals surface area contributed by atoms with Gasteiger partial charge in [-0.05, 0) is 25.1 Å². The molecule has 0 radical (unpaired) electrons. The Kier molecular flexibility index (Phi) is 4.25. The second kappa shape index (κ2) is 5.46. The number of alkyl halides is 1. The zero-order valence-corrected chi connectivity index (χ0v) is 9.16. The normalized spacial score (nSPS) is 12.0. The van der Waals surface area contributed by atoms with Crippen molar-refractivity contribution in [3.05, 3.63) is 23.8 Å². The number of nitrogens with one attached hydrogen (secondary N) is 1. The van der Waals surface area contributed by atoms with Crippen molar-refractivity contribution < 1.29 is 19.0 Å². The van der Waals surface area contributed by atoms with Gasteiger partial charge in [0.2, 0.25) is 0 Å². The van der Waals surface area contributed by atoms with Gasteiger partial charge in [0.05, 0.1) is 13.7 Å². The van der Waals surface area contributed by atoms with Crippen LogP contribution in [0, 0.1) is 0 Å². The van der Waals surface area contributed by atoms with Crippen molar-refractivity contribution in [3.8, 4) is 5.75 Å². The summed E-state index contributed by atoms with van der Waals surface area (Å²) in [6.45, 7) is 0.894. The number of rotatable bonds is 4. The summed E-state index contributed by atoms with van der Waals surface area (Å²) in [6, 6.07) is 4.76. The summed E-state index contributed by atoms with van der Waals surface area (Å²) in [5.41, 5.74) is 0.867. The van der Waals surface area contributed by atoms with E-state index in [0.717, 1.165) is 6.92 Å². The number of hydrogen-bond acceptors (Lipinski definition) is 3. The number of halogens is 1. The molecule has 0 fully saturated rings. The molecule has 1 rings (SSSR count). The van der Waals surface area contributed by atoms with Crippen LogP contribution in [0.1, 0.15) is 12.5 Å². The summed E-state index contributed by atoms with van der Waals surface area (Å²) >= 11 is 0. The summed E-state index contributed by atoms with van der Waals surface area (Å²) in [7, 11) is 1.50. The van der Waals surface area contributed by atoms with Crippen LogP contribution in [0.2, 0.25) is 0 Å². The average Bonchev–Trinajstić information content (AvgIpc) is 2.29. The second-order valence-electron chi connectivity index (χ2n) is 3.29. The molecule has 0 aromatic heterocycles. The lowest BCUT2D eigenvalue weighted by Crippen LogP contribution is -2.21. The summed E-state index contributed by atoms with van der Waals surface area (Å²) in [5.74, 6) is -0.171. The van der Waals surface area contributed by atoms with Crippen LogP contribution in [0.5, 0.6) is 5.75 Å². The van der Waals surface area contributed by atoms with Crippen LogP contribution in [-0.2, 0) is 11.4 Å². The van der Waals surface area contributed by atoms with E-state index in [2.05, 4.69) is 5.32 Å². The van der Waals surface area contributed by atoms with E-state index in [-0.39, 0.29) is 6.61 Å². The first kappa shape index (κ1) is 12.4. The monoisotopic (exact) mass is 227 g/mol. The molecule has 1 aromatic rings. The number of amides is 1. The van der Waals surface area contributed by atoms with Gasteiger partial charge in [-0.3, -0.25) is 4.79 Å². The van der Waals surface area contributed by atoms with Gasteiger partial charge in [0, 0.05) is 11.3 Å². The predicted molar refractivity (Wildman–Crippen MR) is 58.1 cm³/mol. The molecule has 0 aliphatic carbocycles. The maximum absolute atomic E-state index is 12.7. The Balaban J connectivity index is 2.91. The Morgan fingerprint density at radius 3 is 2.81 bits per heavy atom. The SMILES string of the molecule is COc1ccc(NC(=O)C(C)F)c(CO)c1. The van der Waals surface area contributed by atoms with Gasteiger partial charge < -0.3 is 15.2 Å². The smallest absolute Gasteiger partial charge is 0.258 e. The molecule has 16 heavy (non-hydrogen) atoms. The van der Waals surface area contributed by atoms with Gasteiger partial charge in [0.1, 0.15) is 5.75 Å². The van der Waals surface area contributed by atoms with E-state index in [1.807, 2.05) is 0 Å². The van der Waals surface area contributed by atoms with Gasteiger partial charge in [0.15, 0.2) is 6.17 Å². The Morgan fingerprint density at radius 1 is 1.62 bits per heavy atom. The molecule has 1 aromatic carbocycles. The average molecular weight is 227 g/mol. The molecule has 4 nitrogen and oxygen atoms in total. The molecular formula is C11H14FNO3. The number of carbonyl (C=O) groups is 1. The van der Waals surface area contributed by atoms with Crippen LogP contribution in [0.3, 0.4) is 0 Å². The van der Waals surface area contributed by atoms with Crippen molar-refractivity contribution >= 4 is 11.6 Å². The zero-order chi connectivity index (χ0) is 12.1. The third-order valence-corrected chi connectivity index (χ3v) is 2.10. The van der Waals surface area contributed by atoms with Crippen molar-refractivity contribution in [2.75, 3.05) is 12.4 Å². The molecule has 1 atom stereocenters. The number of anilines is 1. The van der Waals surface area contributed by atoms with Crippen molar-refractivity contribution in [3.63, 3.8) is 0 Å². The Labute approximate surface area is 93.0 Å². The highest BCUT2D eigenvalue weighted by molar-refractivity contribution is 5.94. The molecule has 0 aliphatic heterocycles. The van der Waals surface area contributed by atoms with E-state index >= 15 is 0 Å². The molecule has 0 saturated carbocycles. The van der Waals surface area contributed by atoms with Gasteiger partial charge >= 0.3 is 0 Å². The standard InChI is InChI=1S/C11H14FNO3/c1-7(12)11(15)13-10-4-3-9(16-2)5-8(10)6-14/h3-5,7,14H,6H2,1-2H3,(H,13,15). The summed E-state index contributed by atoms with van der Waals surface area (Å²) < 4.78 is 17.6. The third-order valence-electron chi connectivity index (χ3n) is 2.10. The molecule has 0 saturated heterocycles. The van der Waals surface area contributed by atoms with Crippen LogP contribution in [0.4, 0.5) is 10.1 Å². The highest BCUT2D eigenvalue weighted by Gasteiger charge is 2.13. The number of methoxy groups -OCH3 is 1. The van der Waals surface area contributed by atoms with Crippen molar-refractivity contribution in [1.82, 2.24) is 0 Å². The van der Waals surface area contributed by atoms with E-state index in [1.165, 1.54) is 7.11 Å². The molecule has 2 N–H and O–H groups in total. The predicted octanol–water partition coefficient (Wildman–Crippen LogP) is 1.48. The zero-order valence-electron chi connectivity index (χ0n) is 9.16. The van der Waals surface area contributed by atoms with Crippen LogP contribution < -0.4 is 10.1 Å². The molecule has 0 bridgehead atoms. The van der Waals surface area contributed by atoms with E-state index in [0.29, 0.717) is 17.0 Å². The molecule has 0 heterocycles. The molecule has 1 amide bonds. The number of aliphatic hydroxyl groups excluding tert-OH is 1. The van der Waals surface area contributed by atoms with Gasteiger partial charge in [-0.25, -0.2) is 4.39 Å². The fraction of sp³-hybridized carbons (Fsp3) is 0.364. The fourth-order valence-corrected chi connectivity index (χ4v) is 1.18. The molecule has 88 valence electrons. The quantitative estimate of drug-likeness (QED) is 0.819. The van der Waals surface area contributed by atoms with Crippen molar-refractivity contribution in [2.45, 2.75) is 19.7 Å². The molecule has 1 unspecified atom stereocenters. The number of benzene rings is 1. The van der Waals surface area contributed by atoms with Crippen LogP contribution in [0.15, 0.2) is 18.2 Å². The Bertz CT molecular complexity index is 379. The maximum atomic E-state index is 12.7. The van der Waals surface area contributed by atoms with Gasteiger partial charge in [-0.1, -0.05) is 0 Å². The van der Waals surface area contributed by atoms with E-state index in [1.54, 1.807) is 18.2 Å². The number of aliphatic hydroxyl groups is 1. The maximum Gasteiger partial charge on any atom is 0.258 e. The van der Waals surface area contributed by atoms with E-state index < -0.39 is 12.1 Å². The van der Waals surface area contributed by atoms with Crippen molar-refractivity contribution in [2.24, 2.45) is 0 Å². The topological polar surface area (TPSA) is 58.6 Å². The van der Waals surface area contributed by atoms with Crippen LogP contribution in [0.25, 0.3) is 0 Å². The van der Waals surface area contributed by atoms with Crippen molar-refractivity contribution in [1.29, 1.82) is 0 Å². The lowest BCUT2D eigenvalue weighted by molar-refractivity contribution is -0.120. The van der Waals surface area contributed by atoms with E-state index in [4.69, 9.17) is 9.84 Å². The minimum Gasteiger partial charge on any atom is -0.497 e. The van der Waals surface area contributed by atoms with Crippen LogP contribution in [-0.4, -0.2) is 24.3 Å². The highest BCUT2D eigenvalue weighted by Crippen LogP contribution is 2.22. The lowest BCUT2D eigenvalue weighted by atomic mass is 10.1. The van der Waals surface area contributed by atoms with E-state index in [9.17, 15) is 9.18 Å². The minimum absolute atomic E-state index is 0.256. The Morgan fingerprint density at radius 2 is 2.31 bits per heavy atom. The van der Waals surface area contributed by atoms with Gasteiger partial charge in [-0.15, -0.1) is 0 Å². The molecule has 5 heteroatoms. The van der Waals surface area contributed by atoms with Gasteiger partial charge in [-0.2, -0.15) is 0 Å². The number of carbonyl (C=O) groups excluding carboxylic acids is 1. The molecule has 0 spiro atoms. The highest BCUT2D eigenvalue weighted by atomic mass is 19.1.